The third-order valence-corrected chi connectivity index (χ3v) is 5.00. The van der Waals surface area contributed by atoms with Gasteiger partial charge in [-0.1, -0.05) is 46.5 Å². The minimum Gasteiger partial charge on any atom is -0.477 e. The molecule has 0 unspecified atom stereocenters. The molecule has 0 spiro atoms. The van der Waals surface area contributed by atoms with Crippen molar-refractivity contribution in [1.82, 2.24) is 4.98 Å². The van der Waals surface area contributed by atoms with Gasteiger partial charge in [-0.2, -0.15) is 0 Å². The first kappa shape index (κ1) is 13.5. The number of rotatable bonds is 3. The molecule has 2 rings (SSSR count). The summed E-state index contributed by atoms with van der Waals surface area (Å²) in [5.74, 6) is -0.186. The highest BCUT2D eigenvalue weighted by Gasteiger charge is 2.26. The first-order chi connectivity index (χ1) is 8.38. The molecule has 1 fully saturated rings. The molecule has 4 heteroatoms. The van der Waals surface area contributed by atoms with E-state index in [9.17, 15) is 9.90 Å². The molecule has 0 amide bonds. The fourth-order valence-electron chi connectivity index (χ4n) is 2.47. The summed E-state index contributed by atoms with van der Waals surface area (Å²) in [5, 5.41) is 10.2. The van der Waals surface area contributed by atoms with Gasteiger partial charge in [-0.05, 0) is 12.3 Å². The van der Waals surface area contributed by atoms with Gasteiger partial charge in [0, 0.05) is 5.41 Å². The molecule has 1 N–H and O–H groups in total. The van der Waals surface area contributed by atoms with Crippen molar-refractivity contribution >= 4 is 17.3 Å². The van der Waals surface area contributed by atoms with Crippen LogP contribution in [0, 0.1) is 5.92 Å². The zero-order valence-electron chi connectivity index (χ0n) is 11.3. The van der Waals surface area contributed by atoms with Crippen LogP contribution in [0.1, 0.15) is 66.8 Å². The molecule has 100 valence electrons. The molecule has 0 aliphatic heterocycles. The summed E-state index contributed by atoms with van der Waals surface area (Å²) in [6.07, 6.45) is 5.85. The second kappa shape index (κ2) is 5.00. The molecular weight excluding hydrogens is 246 g/mol. The van der Waals surface area contributed by atoms with E-state index in [0.717, 1.165) is 17.1 Å². The Morgan fingerprint density at radius 2 is 2.00 bits per heavy atom. The van der Waals surface area contributed by atoms with Gasteiger partial charge in [0.05, 0.1) is 10.7 Å². The molecule has 0 bridgehead atoms. The molecule has 1 saturated carbocycles. The number of nitrogens with zero attached hydrogens (tertiary/aromatic N) is 1. The number of aromatic carboxylic acids is 1. The van der Waals surface area contributed by atoms with E-state index in [1.807, 2.05) is 0 Å². The lowest BCUT2D eigenvalue weighted by Crippen LogP contribution is -2.11. The van der Waals surface area contributed by atoms with E-state index in [1.54, 1.807) is 0 Å². The minimum atomic E-state index is -0.823. The van der Waals surface area contributed by atoms with E-state index in [-0.39, 0.29) is 5.41 Å². The lowest BCUT2D eigenvalue weighted by molar-refractivity contribution is 0.0700. The highest BCUT2D eigenvalue weighted by Crippen LogP contribution is 2.33. The third-order valence-electron chi connectivity index (χ3n) is 3.49. The first-order valence-electron chi connectivity index (χ1n) is 6.61. The number of carbonyl (C=O) groups is 1. The fourth-order valence-corrected chi connectivity index (χ4v) is 3.46. The zero-order valence-corrected chi connectivity index (χ0v) is 12.1. The molecule has 1 aliphatic rings. The summed E-state index contributed by atoms with van der Waals surface area (Å²) in [6.45, 7) is 6.24. The van der Waals surface area contributed by atoms with Crippen LogP contribution >= 0.6 is 11.3 Å². The minimum absolute atomic E-state index is 0.0667. The topological polar surface area (TPSA) is 50.2 Å². The van der Waals surface area contributed by atoms with Gasteiger partial charge < -0.3 is 5.11 Å². The lowest BCUT2D eigenvalue weighted by atomic mass is 9.97. The van der Waals surface area contributed by atoms with Gasteiger partial charge >= 0.3 is 5.97 Å². The Bertz CT molecular complexity index is 439. The highest BCUT2D eigenvalue weighted by atomic mass is 32.1. The van der Waals surface area contributed by atoms with Crippen LogP contribution in [-0.2, 0) is 11.8 Å². The van der Waals surface area contributed by atoms with E-state index < -0.39 is 5.97 Å². The van der Waals surface area contributed by atoms with Crippen LogP contribution in [0.5, 0.6) is 0 Å². The number of aromatic nitrogens is 1. The van der Waals surface area contributed by atoms with Crippen molar-refractivity contribution in [2.75, 3.05) is 0 Å². The van der Waals surface area contributed by atoms with Crippen LogP contribution in [0.4, 0.5) is 0 Å². The molecule has 3 nitrogen and oxygen atoms in total. The summed E-state index contributed by atoms with van der Waals surface area (Å²) in [7, 11) is 0. The molecular formula is C14H21NO2S. The largest absolute Gasteiger partial charge is 0.477 e. The van der Waals surface area contributed by atoms with Gasteiger partial charge in [0.25, 0.3) is 0 Å². The number of thiazole rings is 1. The average Bonchev–Trinajstić information content (AvgIpc) is 2.85. The van der Waals surface area contributed by atoms with Gasteiger partial charge in [-0.25, -0.2) is 9.78 Å². The van der Waals surface area contributed by atoms with E-state index in [2.05, 4.69) is 25.8 Å². The first-order valence-corrected chi connectivity index (χ1v) is 7.43. The second-order valence-electron chi connectivity index (χ2n) is 6.20. The molecule has 1 aromatic rings. The van der Waals surface area contributed by atoms with Crippen LogP contribution in [0.25, 0.3) is 0 Å². The summed E-state index contributed by atoms with van der Waals surface area (Å²) in [5.41, 5.74) is 0.743. The smallest absolute Gasteiger partial charge is 0.347 e. The predicted octanol–water partition coefficient (Wildman–Crippen LogP) is 3.87. The van der Waals surface area contributed by atoms with E-state index in [0.29, 0.717) is 10.8 Å². The fraction of sp³-hybridized carbons (Fsp3) is 0.714. The maximum Gasteiger partial charge on any atom is 0.347 e. The number of carboxylic acid groups (broad SMARTS) is 1. The van der Waals surface area contributed by atoms with Crippen molar-refractivity contribution in [1.29, 1.82) is 0 Å². The Balaban J connectivity index is 2.26. The molecule has 1 aromatic heterocycles. The Labute approximate surface area is 112 Å². The molecule has 0 radical (unpaired) electrons. The highest BCUT2D eigenvalue weighted by molar-refractivity contribution is 7.13. The monoisotopic (exact) mass is 267 g/mol. The van der Waals surface area contributed by atoms with E-state index >= 15 is 0 Å². The van der Waals surface area contributed by atoms with Gasteiger partial charge in [-0.3, -0.25) is 0 Å². The molecule has 1 heterocycles. The van der Waals surface area contributed by atoms with Crippen molar-refractivity contribution in [3.8, 4) is 0 Å². The molecule has 0 aromatic carbocycles. The number of carboxylic acids is 1. The van der Waals surface area contributed by atoms with Crippen LogP contribution < -0.4 is 0 Å². The molecule has 0 atom stereocenters. The Morgan fingerprint density at radius 1 is 1.39 bits per heavy atom. The van der Waals surface area contributed by atoms with Crippen molar-refractivity contribution < 1.29 is 9.90 Å². The number of hydrogen-bond donors (Lipinski definition) is 1. The predicted molar refractivity (Wildman–Crippen MR) is 73.4 cm³/mol. The van der Waals surface area contributed by atoms with Crippen molar-refractivity contribution in [3.05, 3.63) is 15.6 Å². The molecule has 0 saturated heterocycles. The Kier molecular flexibility index (Phi) is 3.76. The van der Waals surface area contributed by atoms with Gasteiger partial charge in [0.2, 0.25) is 0 Å². The van der Waals surface area contributed by atoms with E-state index in [1.165, 1.54) is 37.0 Å². The maximum atomic E-state index is 11.3. The Morgan fingerprint density at radius 3 is 2.50 bits per heavy atom. The van der Waals surface area contributed by atoms with E-state index in [4.69, 9.17) is 0 Å². The average molecular weight is 267 g/mol. The summed E-state index contributed by atoms with van der Waals surface area (Å²) >= 11 is 1.35. The molecule has 18 heavy (non-hydrogen) atoms. The van der Waals surface area contributed by atoms with Crippen LogP contribution in [0.15, 0.2) is 0 Å². The van der Waals surface area contributed by atoms with Crippen LogP contribution in [0.3, 0.4) is 0 Å². The van der Waals surface area contributed by atoms with Gasteiger partial charge in [-0.15, -0.1) is 11.3 Å². The van der Waals surface area contributed by atoms with Crippen LogP contribution in [-0.4, -0.2) is 16.1 Å². The quantitative estimate of drug-likeness (QED) is 0.904. The standard InChI is InChI=1S/C14H21NO2S/c1-14(2,3)13-15-10(11(18-13)12(16)17)8-9-6-4-5-7-9/h9H,4-8H2,1-3H3,(H,16,17). The van der Waals surface area contributed by atoms with Gasteiger partial charge in [0.1, 0.15) is 4.88 Å². The van der Waals surface area contributed by atoms with Crippen molar-refractivity contribution in [3.63, 3.8) is 0 Å². The zero-order chi connectivity index (χ0) is 13.3. The third kappa shape index (κ3) is 2.91. The summed E-state index contributed by atoms with van der Waals surface area (Å²) in [6, 6.07) is 0. The molecule has 1 aliphatic carbocycles. The Hall–Kier alpha value is -0.900. The summed E-state index contributed by atoms with van der Waals surface area (Å²) < 4.78 is 0. The van der Waals surface area contributed by atoms with Crippen LogP contribution in [0.2, 0.25) is 0 Å². The summed E-state index contributed by atoms with van der Waals surface area (Å²) in [4.78, 5) is 16.4. The lowest BCUT2D eigenvalue weighted by Gasteiger charge is -2.13. The normalized spacial score (nSPS) is 17.3. The number of hydrogen-bond acceptors (Lipinski definition) is 3. The van der Waals surface area contributed by atoms with Crippen molar-refractivity contribution in [2.24, 2.45) is 5.92 Å². The maximum absolute atomic E-state index is 11.3. The van der Waals surface area contributed by atoms with Crippen molar-refractivity contribution in [2.45, 2.75) is 58.3 Å². The van der Waals surface area contributed by atoms with Gasteiger partial charge in [0.15, 0.2) is 0 Å². The SMILES string of the molecule is CC(C)(C)c1nc(CC2CCCC2)c(C(=O)O)s1. The second-order valence-corrected chi connectivity index (χ2v) is 7.20.